The lowest BCUT2D eigenvalue weighted by atomic mass is 9.74. The molecule has 0 radical (unpaired) electrons. The lowest BCUT2D eigenvalue weighted by Crippen LogP contribution is -2.41. The largest absolute Gasteiger partial charge is 0.396 e. The van der Waals surface area contributed by atoms with Crippen LogP contribution in [0, 0.1) is 5.41 Å². The Morgan fingerprint density at radius 2 is 2.24 bits per heavy atom. The summed E-state index contributed by atoms with van der Waals surface area (Å²) < 4.78 is 3.66. The molecule has 1 aliphatic carbocycles. The van der Waals surface area contributed by atoms with E-state index in [9.17, 15) is 9.90 Å². The van der Waals surface area contributed by atoms with E-state index in [0.29, 0.717) is 11.4 Å². The number of carbonyl (C=O) groups is 1. The second-order valence-electron chi connectivity index (χ2n) is 4.68. The topological polar surface area (TPSA) is 75.1 Å². The normalized spacial score (nSPS) is 18.9. The SMILES string of the molecule is O=C(NCC1(CO)CCCCC1)c1cnns1. The second kappa shape index (κ2) is 5.55. The second-order valence-corrected chi connectivity index (χ2v) is 5.47. The van der Waals surface area contributed by atoms with E-state index < -0.39 is 0 Å². The molecule has 0 aromatic carbocycles. The molecule has 1 heterocycles. The number of rotatable bonds is 4. The monoisotopic (exact) mass is 255 g/mol. The Morgan fingerprint density at radius 3 is 2.82 bits per heavy atom. The fraction of sp³-hybridized carbons (Fsp3) is 0.727. The van der Waals surface area contributed by atoms with Crippen molar-refractivity contribution in [2.75, 3.05) is 13.2 Å². The highest BCUT2D eigenvalue weighted by atomic mass is 32.1. The molecule has 1 aliphatic rings. The van der Waals surface area contributed by atoms with Gasteiger partial charge in [-0.1, -0.05) is 23.8 Å². The number of hydrogen-bond acceptors (Lipinski definition) is 5. The van der Waals surface area contributed by atoms with Gasteiger partial charge in [-0.3, -0.25) is 4.79 Å². The maximum absolute atomic E-state index is 11.7. The van der Waals surface area contributed by atoms with Crippen LogP contribution in [0.4, 0.5) is 0 Å². The average Bonchev–Trinajstić information content (AvgIpc) is 2.91. The van der Waals surface area contributed by atoms with Gasteiger partial charge in [-0.15, -0.1) is 5.10 Å². The first-order chi connectivity index (χ1) is 8.26. The smallest absolute Gasteiger partial charge is 0.264 e. The number of aromatic nitrogens is 2. The maximum Gasteiger partial charge on any atom is 0.264 e. The summed E-state index contributed by atoms with van der Waals surface area (Å²) in [5.41, 5.74) is -0.119. The summed E-state index contributed by atoms with van der Waals surface area (Å²) in [6.45, 7) is 0.689. The van der Waals surface area contributed by atoms with Gasteiger partial charge >= 0.3 is 0 Å². The third kappa shape index (κ3) is 3.01. The standard InChI is InChI=1S/C11H17N3O2S/c15-8-11(4-2-1-3-5-11)7-12-10(16)9-6-13-14-17-9/h6,15H,1-5,7-8H2,(H,12,16). The first-order valence-electron chi connectivity index (χ1n) is 5.92. The molecule has 1 amide bonds. The molecular formula is C11H17N3O2S. The van der Waals surface area contributed by atoms with Gasteiger partial charge in [-0.05, 0) is 24.4 Å². The minimum Gasteiger partial charge on any atom is -0.396 e. The Hall–Kier alpha value is -1.01. The highest BCUT2D eigenvalue weighted by Gasteiger charge is 2.31. The Balaban J connectivity index is 1.89. The summed E-state index contributed by atoms with van der Waals surface area (Å²) in [5, 5.41) is 16.0. The van der Waals surface area contributed by atoms with E-state index in [2.05, 4.69) is 14.9 Å². The maximum atomic E-state index is 11.7. The minimum atomic E-state index is -0.140. The van der Waals surface area contributed by atoms with Gasteiger partial charge in [0.15, 0.2) is 0 Å². The molecule has 0 saturated heterocycles. The molecule has 0 atom stereocenters. The van der Waals surface area contributed by atoms with Crippen LogP contribution in [0.15, 0.2) is 6.20 Å². The van der Waals surface area contributed by atoms with Crippen molar-refractivity contribution in [3.05, 3.63) is 11.1 Å². The molecule has 6 heteroatoms. The number of amides is 1. The van der Waals surface area contributed by atoms with Crippen molar-refractivity contribution in [1.29, 1.82) is 0 Å². The quantitative estimate of drug-likeness (QED) is 0.848. The number of nitrogens with zero attached hydrogens (tertiary/aromatic N) is 2. The van der Waals surface area contributed by atoms with Crippen LogP contribution >= 0.6 is 11.5 Å². The molecule has 94 valence electrons. The van der Waals surface area contributed by atoms with Crippen molar-refractivity contribution in [2.45, 2.75) is 32.1 Å². The zero-order chi connectivity index (χ0) is 12.1. The number of aliphatic hydroxyl groups is 1. The molecule has 17 heavy (non-hydrogen) atoms. The number of nitrogens with one attached hydrogen (secondary N) is 1. The van der Waals surface area contributed by atoms with E-state index in [1.807, 2.05) is 0 Å². The Bertz CT molecular complexity index is 361. The van der Waals surface area contributed by atoms with Crippen LogP contribution in [0.5, 0.6) is 0 Å². The summed E-state index contributed by atoms with van der Waals surface area (Å²) in [6.07, 6.45) is 6.95. The summed E-state index contributed by atoms with van der Waals surface area (Å²) in [5.74, 6) is -0.140. The van der Waals surface area contributed by atoms with Crippen LogP contribution < -0.4 is 5.32 Å². The number of hydrogen-bond donors (Lipinski definition) is 2. The highest BCUT2D eigenvalue weighted by molar-refractivity contribution is 7.07. The molecular weight excluding hydrogens is 238 g/mol. The minimum absolute atomic E-state index is 0.119. The van der Waals surface area contributed by atoms with Crippen LogP contribution in [-0.2, 0) is 0 Å². The predicted molar refractivity (Wildman–Crippen MR) is 64.8 cm³/mol. The first-order valence-corrected chi connectivity index (χ1v) is 6.70. The van der Waals surface area contributed by atoms with Gasteiger partial charge in [-0.2, -0.15) is 0 Å². The Morgan fingerprint density at radius 1 is 1.47 bits per heavy atom. The summed E-state index contributed by atoms with van der Waals surface area (Å²) in [4.78, 5) is 12.3. The van der Waals surface area contributed by atoms with Crippen molar-refractivity contribution in [3.63, 3.8) is 0 Å². The van der Waals surface area contributed by atoms with Crippen LogP contribution in [0.1, 0.15) is 41.8 Å². The zero-order valence-corrected chi connectivity index (χ0v) is 10.5. The summed E-state index contributed by atoms with van der Waals surface area (Å²) in [6, 6.07) is 0. The van der Waals surface area contributed by atoms with Crippen LogP contribution in [0.3, 0.4) is 0 Å². The van der Waals surface area contributed by atoms with Crippen LogP contribution in [0.25, 0.3) is 0 Å². The molecule has 2 rings (SSSR count). The third-order valence-electron chi connectivity index (χ3n) is 3.46. The van der Waals surface area contributed by atoms with Crippen LogP contribution in [-0.4, -0.2) is 33.8 Å². The number of aliphatic hydroxyl groups excluding tert-OH is 1. The molecule has 1 fully saturated rings. The Kier molecular flexibility index (Phi) is 4.06. The molecule has 5 nitrogen and oxygen atoms in total. The lowest BCUT2D eigenvalue weighted by Gasteiger charge is -2.35. The van der Waals surface area contributed by atoms with Crippen molar-refractivity contribution >= 4 is 17.4 Å². The molecule has 0 aliphatic heterocycles. The fourth-order valence-electron chi connectivity index (χ4n) is 2.31. The van der Waals surface area contributed by atoms with Gasteiger partial charge < -0.3 is 10.4 Å². The first kappa shape index (κ1) is 12.4. The highest BCUT2D eigenvalue weighted by Crippen LogP contribution is 2.35. The molecule has 2 N–H and O–H groups in total. The van der Waals surface area contributed by atoms with Crippen LogP contribution in [0.2, 0.25) is 0 Å². The Labute approximate surface area is 104 Å². The van der Waals surface area contributed by atoms with E-state index >= 15 is 0 Å². The lowest BCUT2D eigenvalue weighted by molar-refractivity contribution is 0.0720. The molecule has 1 saturated carbocycles. The third-order valence-corrected chi connectivity index (χ3v) is 4.12. The molecule has 0 bridgehead atoms. The zero-order valence-electron chi connectivity index (χ0n) is 9.69. The predicted octanol–water partition coefficient (Wildman–Crippen LogP) is 1.21. The summed E-state index contributed by atoms with van der Waals surface area (Å²) >= 11 is 1.09. The fourth-order valence-corrected chi connectivity index (χ4v) is 2.75. The van der Waals surface area contributed by atoms with E-state index in [0.717, 1.165) is 37.2 Å². The van der Waals surface area contributed by atoms with Crippen molar-refractivity contribution < 1.29 is 9.90 Å². The molecule has 1 aromatic heterocycles. The van der Waals surface area contributed by atoms with Gasteiger partial charge in [0.1, 0.15) is 4.88 Å². The van der Waals surface area contributed by atoms with Crippen molar-refractivity contribution in [3.8, 4) is 0 Å². The average molecular weight is 255 g/mol. The van der Waals surface area contributed by atoms with Gasteiger partial charge in [-0.25, -0.2) is 0 Å². The van der Waals surface area contributed by atoms with E-state index in [4.69, 9.17) is 0 Å². The summed E-state index contributed by atoms with van der Waals surface area (Å²) in [7, 11) is 0. The molecule has 0 spiro atoms. The van der Waals surface area contributed by atoms with E-state index in [1.54, 1.807) is 0 Å². The van der Waals surface area contributed by atoms with Crippen molar-refractivity contribution in [1.82, 2.24) is 14.9 Å². The van der Waals surface area contributed by atoms with Crippen molar-refractivity contribution in [2.24, 2.45) is 5.41 Å². The molecule has 0 unspecified atom stereocenters. The van der Waals surface area contributed by atoms with Gasteiger partial charge in [0.05, 0.1) is 12.8 Å². The van der Waals surface area contributed by atoms with Gasteiger partial charge in [0, 0.05) is 12.0 Å². The van der Waals surface area contributed by atoms with Gasteiger partial charge in [0.2, 0.25) is 0 Å². The number of carbonyl (C=O) groups excluding carboxylic acids is 1. The van der Waals surface area contributed by atoms with E-state index in [-0.39, 0.29) is 17.9 Å². The van der Waals surface area contributed by atoms with E-state index in [1.165, 1.54) is 12.6 Å². The van der Waals surface area contributed by atoms with Gasteiger partial charge in [0.25, 0.3) is 5.91 Å². The molecule has 1 aromatic rings.